The maximum Gasteiger partial charge on any atom is 0.407 e. The molecule has 5 heteroatoms. The van der Waals surface area contributed by atoms with Crippen molar-refractivity contribution in [1.29, 1.82) is 0 Å². The molecule has 1 heterocycles. The second kappa shape index (κ2) is 7.89. The minimum Gasteiger partial charge on any atom is -0.444 e. The van der Waals surface area contributed by atoms with Gasteiger partial charge in [0.05, 0.1) is 0 Å². The molecule has 2 N–H and O–H groups in total. The summed E-state index contributed by atoms with van der Waals surface area (Å²) in [5, 5.41) is 6.30. The number of amides is 1. The van der Waals surface area contributed by atoms with E-state index >= 15 is 0 Å². The molecule has 1 saturated heterocycles. The summed E-state index contributed by atoms with van der Waals surface area (Å²) in [6, 6.07) is 0.658. The van der Waals surface area contributed by atoms with Gasteiger partial charge >= 0.3 is 6.09 Å². The van der Waals surface area contributed by atoms with Gasteiger partial charge in [-0.2, -0.15) is 11.8 Å². The minimum atomic E-state index is -0.415. The molecule has 1 unspecified atom stereocenters. The monoisotopic (exact) mass is 274 g/mol. The fraction of sp³-hybridized carbons (Fsp3) is 0.923. The molecule has 1 aliphatic rings. The van der Waals surface area contributed by atoms with Crippen molar-refractivity contribution in [2.24, 2.45) is 0 Å². The van der Waals surface area contributed by atoms with Crippen LogP contribution in [0.4, 0.5) is 4.79 Å². The van der Waals surface area contributed by atoms with Crippen molar-refractivity contribution in [3.63, 3.8) is 0 Å². The first-order chi connectivity index (χ1) is 8.47. The van der Waals surface area contributed by atoms with Crippen LogP contribution < -0.4 is 10.6 Å². The third kappa shape index (κ3) is 7.82. The van der Waals surface area contributed by atoms with E-state index in [0.717, 1.165) is 13.0 Å². The van der Waals surface area contributed by atoms with E-state index in [1.807, 2.05) is 32.5 Å². The third-order valence-corrected chi connectivity index (χ3v) is 3.83. The first kappa shape index (κ1) is 15.6. The van der Waals surface area contributed by atoms with Crippen LogP contribution in [-0.2, 0) is 4.74 Å². The number of hydrogen-bond donors (Lipinski definition) is 2. The molecule has 1 atom stereocenters. The number of alkyl carbamates (subject to hydrolysis) is 1. The minimum absolute atomic E-state index is 0.323. The van der Waals surface area contributed by atoms with Crippen molar-refractivity contribution in [1.82, 2.24) is 10.6 Å². The van der Waals surface area contributed by atoms with Gasteiger partial charge in [-0.1, -0.05) is 0 Å². The summed E-state index contributed by atoms with van der Waals surface area (Å²) in [6.07, 6.45) is 3.22. The number of carbonyl (C=O) groups is 1. The topological polar surface area (TPSA) is 50.4 Å². The number of rotatable bonds is 5. The third-order valence-electron chi connectivity index (χ3n) is 2.62. The Kier molecular flexibility index (Phi) is 6.86. The average Bonchev–Trinajstić information content (AvgIpc) is 2.27. The zero-order valence-corrected chi connectivity index (χ0v) is 12.6. The maximum absolute atomic E-state index is 11.4. The van der Waals surface area contributed by atoms with Crippen molar-refractivity contribution in [2.75, 3.05) is 24.6 Å². The lowest BCUT2D eigenvalue weighted by molar-refractivity contribution is 0.0527. The molecule has 1 amide bonds. The Morgan fingerprint density at radius 1 is 1.39 bits per heavy atom. The van der Waals surface area contributed by atoms with E-state index in [4.69, 9.17) is 4.74 Å². The molecule has 0 saturated carbocycles. The summed E-state index contributed by atoms with van der Waals surface area (Å²) in [5.41, 5.74) is -0.415. The molecular formula is C13H26N2O2S. The van der Waals surface area contributed by atoms with Gasteiger partial charge in [-0.3, -0.25) is 0 Å². The highest BCUT2D eigenvalue weighted by Crippen LogP contribution is 2.16. The van der Waals surface area contributed by atoms with E-state index in [-0.39, 0.29) is 6.09 Å². The van der Waals surface area contributed by atoms with E-state index in [9.17, 15) is 4.79 Å². The average molecular weight is 274 g/mol. The molecule has 106 valence electrons. The van der Waals surface area contributed by atoms with Crippen molar-refractivity contribution in [3.05, 3.63) is 0 Å². The highest BCUT2D eigenvalue weighted by Gasteiger charge is 2.15. The van der Waals surface area contributed by atoms with Gasteiger partial charge in [-0.05, 0) is 52.3 Å². The summed E-state index contributed by atoms with van der Waals surface area (Å²) >= 11 is 2.03. The second-order valence-corrected chi connectivity index (χ2v) is 6.80. The highest BCUT2D eigenvalue weighted by atomic mass is 32.2. The smallest absolute Gasteiger partial charge is 0.407 e. The van der Waals surface area contributed by atoms with Crippen LogP contribution in [0.2, 0.25) is 0 Å². The van der Waals surface area contributed by atoms with Gasteiger partial charge in [0.25, 0.3) is 0 Å². The molecule has 0 aromatic rings. The molecule has 0 aromatic heterocycles. The first-order valence-electron chi connectivity index (χ1n) is 6.75. The summed E-state index contributed by atoms with van der Waals surface area (Å²) in [5.74, 6) is 2.53. The van der Waals surface area contributed by atoms with E-state index in [1.165, 1.54) is 24.3 Å². The number of nitrogens with one attached hydrogen (secondary N) is 2. The fourth-order valence-electron chi connectivity index (χ4n) is 1.80. The number of thioether (sulfide) groups is 1. The Labute approximate surface area is 115 Å². The molecule has 0 radical (unpaired) electrons. The van der Waals surface area contributed by atoms with Crippen LogP contribution in [0.3, 0.4) is 0 Å². The summed E-state index contributed by atoms with van der Waals surface area (Å²) in [4.78, 5) is 11.4. The predicted molar refractivity (Wildman–Crippen MR) is 77.2 cm³/mol. The van der Waals surface area contributed by atoms with Gasteiger partial charge < -0.3 is 15.4 Å². The van der Waals surface area contributed by atoms with E-state index in [1.54, 1.807) is 0 Å². The van der Waals surface area contributed by atoms with Crippen LogP contribution in [0.1, 0.15) is 40.0 Å². The molecular weight excluding hydrogens is 248 g/mol. The Morgan fingerprint density at radius 2 is 2.17 bits per heavy atom. The van der Waals surface area contributed by atoms with Gasteiger partial charge in [0.2, 0.25) is 0 Å². The van der Waals surface area contributed by atoms with Crippen molar-refractivity contribution in [3.8, 4) is 0 Å². The molecule has 0 bridgehead atoms. The van der Waals surface area contributed by atoms with Crippen LogP contribution in [0.25, 0.3) is 0 Å². The molecule has 0 spiro atoms. The molecule has 0 aromatic carbocycles. The molecule has 4 nitrogen and oxygen atoms in total. The molecule has 0 aliphatic carbocycles. The van der Waals surface area contributed by atoms with Gasteiger partial charge in [-0.15, -0.1) is 0 Å². The molecule has 1 fully saturated rings. The van der Waals surface area contributed by atoms with Crippen LogP contribution in [0.15, 0.2) is 0 Å². The van der Waals surface area contributed by atoms with E-state index in [2.05, 4.69) is 10.6 Å². The molecule has 1 rings (SSSR count). The largest absolute Gasteiger partial charge is 0.444 e. The van der Waals surface area contributed by atoms with Crippen LogP contribution in [0, 0.1) is 0 Å². The SMILES string of the molecule is CC(C)(C)OC(=O)NCCCNC1CCCSC1. The lowest BCUT2D eigenvalue weighted by Gasteiger charge is -2.22. The lowest BCUT2D eigenvalue weighted by Crippen LogP contribution is -2.37. The number of carbonyl (C=O) groups excluding carboxylic acids is 1. The second-order valence-electron chi connectivity index (χ2n) is 5.65. The van der Waals surface area contributed by atoms with Crippen LogP contribution in [0.5, 0.6) is 0 Å². The summed E-state index contributed by atoms with van der Waals surface area (Å²) in [6.45, 7) is 7.24. The maximum atomic E-state index is 11.4. The van der Waals surface area contributed by atoms with Crippen molar-refractivity contribution < 1.29 is 9.53 Å². The number of hydrogen-bond acceptors (Lipinski definition) is 4. The molecule has 18 heavy (non-hydrogen) atoms. The Bertz CT molecular complexity index is 248. The van der Waals surface area contributed by atoms with Crippen molar-refractivity contribution >= 4 is 17.9 Å². The normalized spacial score (nSPS) is 20.5. The van der Waals surface area contributed by atoms with Gasteiger partial charge in [0.1, 0.15) is 5.60 Å². The predicted octanol–water partition coefficient (Wildman–Crippen LogP) is 2.39. The lowest BCUT2D eigenvalue weighted by atomic mass is 10.2. The Balaban J connectivity index is 1.96. The van der Waals surface area contributed by atoms with Crippen LogP contribution >= 0.6 is 11.8 Å². The zero-order valence-electron chi connectivity index (χ0n) is 11.8. The first-order valence-corrected chi connectivity index (χ1v) is 7.91. The summed E-state index contributed by atoms with van der Waals surface area (Å²) < 4.78 is 5.16. The Morgan fingerprint density at radius 3 is 2.78 bits per heavy atom. The number of ether oxygens (including phenoxy) is 1. The van der Waals surface area contributed by atoms with Gasteiger partial charge in [-0.25, -0.2) is 4.79 Å². The zero-order chi connectivity index (χ0) is 13.4. The highest BCUT2D eigenvalue weighted by molar-refractivity contribution is 7.99. The Hall–Kier alpha value is -0.420. The van der Waals surface area contributed by atoms with Gasteiger partial charge in [0.15, 0.2) is 0 Å². The summed E-state index contributed by atoms with van der Waals surface area (Å²) in [7, 11) is 0. The molecule has 1 aliphatic heterocycles. The van der Waals surface area contributed by atoms with Crippen LogP contribution in [-0.4, -0.2) is 42.3 Å². The fourth-order valence-corrected chi connectivity index (χ4v) is 2.91. The standard InChI is InChI=1S/C13H26N2O2S/c1-13(2,3)17-12(16)15-8-5-7-14-11-6-4-9-18-10-11/h11,14H,4-10H2,1-3H3,(H,15,16). The van der Waals surface area contributed by atoms with E-state index < -0.39 is 5.60 Å². The van der Waals surface area contributed by atoms with Crippen molar-refractivity contribution in [2.45, 2.75) is 51.7 Å². The quantitative estimate of drug-likeness (QED) is 0.756. The van der Waals surface area contributed by atoms with Gasteiger partial charge in [0, 0.05) is 18.3 Å². The van der Waals surface area contributed by atoms with E-state index in [0.29, 0.717) is 12.6 Å².